The fourth-order valence-electron chi connectivity index (χ4n) is 1.87. The first-order chi connectivity index (χ1) is 10.3. The van der Waals surface area contributed by atoms with E-state index in [1.807, 2.05) is 0 Å². The van der Waals surface area contributed by atoms with E-state index in [1.165, 1.54) is 30.9 Å². The summed E-state index contributed by atoms with van der Waals surface area (Å²) >= 11 is 0. The first-order valence-corrected chi connectivity index (χ1v) is 6.32. The lowest BCUT2D eigenvalue weighted by molar-refractivity contribution is -0.138. The van der Waals surface area contributed by atoms with Crippen LogP contribution < -0.4 is 5.32 Å². The van der Waals surface area contributed by atoms with Crippen molar-refractivity contribution in [2.75, 3.05) is 0 Å². The van der Waals surface area contributed by atoms with E-state index < -0.39 is 29.6 Å². The Morgan fingerprint density at radius 2 is 2.05 bits per heavy atom. The lowest BCUT2D eigenvalue weighted by Gasteiger charge is -2.09. The second kappa shape index (κ2) is 5.92. The van der Waals surface area contributed by atoms with Gasteiger partial charge in [-0.25, -0.2) is 8.78 Å². The maximum atomic E-state index is 13.9. The number of carboxylic acids is 1. The third-order valence-electron chi connectivity index (χ3n) is 2.98. The maximum absolute atomic E-state index is 13.9. The van der Waals surface area contributed by atoms with Gasteiger partial charge in [0.2, 0.25) is 0 Å². The SMILES string of the molecule is C[C@@H](NC(=O)c1cn(C)nc1-c1ccc(F)cc1F)C(=O)O. The summed E-state index contributed by atoms with van der Waals surface area (Å²) in [6, 6.07) is 1.79. The molecule has 0 unspecified atom stereocenters. The molecule has 116 valence electrons. The molecule has 22 heavy (non-hydrogen) atoms. The molecule has 8 heteroatoms. The molecular weight excluding hydrogens is 296 g/mol. The van der Waals surface area contributed by atoms with Gasteiger partial charge in [-0.15, -0.1) is 0 Å². The standard InChI is InChI=1S/C14H13F2N3O3/c1-7(14(21)22)17-13(20)10-6-19(2)18-12(10)9-4-3-8(15)5-11(9)16/h3-7H,1-2H3,(H,17,20)(H,21,22)/t7-/m1/s1. The number of carboxylic acid groups (broad SMARTS) is 1. The number of nitrogens with one attached hydrogen (secondary N) is 1. The first kappa shape index (κ1) is 15.6. The van der Waals surface area contributed by atoms with Crippen molar-refractivity contribution < 1.29 is 23.5 Å². The molecule has 0 saturated carbocycles. The van der Waals surface area contributed by atoms with E-state index in [-0.39, 0.29) is 16.8 Å². The Labute approximate surface area is 124 Å². The number of hydrogen-bond donors (Lipinski definition) is 2. The van der Waals surface area contributed by atoms with E-state index in [9.17, 15) is 18.4 Å². The fraction of sp³-hybridized carbons (Fsp3) is 0.214. The second-order valence-electron chi connectivity index (χ2n) is 4.72. The van der Waals surface area contributed by atoms with Crippen LogP contribution in [-0.4, -0.2) is 32.8 Å². The molecule has 0 aliphatic carbocycles. The van der Waals surface area contributed by atoms with Crippen LogP contribution in [0.15, 0.2) is 24.4 Å². The summed E-state index contributed by atoms with van der Waals surface area (Å²) in [6.07, 6.45) is 1.34. The quantitative estimate of drug-likeness (QED) is 0.898. The zero-order valence-corrected chi connectivity index (χ0v) is 11.8. The lowest BCUT2D eigenvalue weighted by Crippen LogP contribution is -2.38. The summed E-state index contributed by atoms with van der Waals surface area (Å²) in [4.78, 5) is 22.9. The number of carbonyl (C=O) groups is 2. The molecule has 0 radical (unpaired) electrons. The third kappa shape index (κ3) is 3.11. The minimum atomic E-state index is -1.20. The summed E-state index contributed by atoms with van der Waals surface area (Å²) in [5.41, 5.74) is -0.0358. The molecule has 1 heterocycles. The molecule has 2 aromatic rings. The molecule has 2 N–H and O–H groups in total. The molecule has 6 nitrogen and oxygen atoms in total. The van der Waals surface area contributed by atoms with Crippen molar-refractivity contribution in [3.8, 4) is 11.3 Å². The highest BCUT2D eigenvalue weighted by atomic mass is 19.1. The van der Waals surface area contributed by atoms with Gasteiger partial charge in [0.1, 0.15) is 23.4 Å². The Kier molecular flexibility index (Phi) is 4.20. The summed E-state index contributed by atoms with van der Waals surface area (Å²) in [5, 5.41) is 15.1. The number of rotatable bonds is 4. The van der Waals surface area contributed by atoms with Gasteiger partial charge >= 0.3 is 5.97 Å². The average molecular weight is 309 g/mol. The molecule has 0 bridgehead atoms. The van der Waals surface area contributed by atoms with Crippen molar-refractivity contribution in [2.24, 2.45) is 7.05 Å². The van der Waals surface area contributed by atoms with Crippen molar-refractivity contribution in [1.29, 1.82) is 0 Å². The van der Waals surface area contributed by atoms with E-state index in [4.69, 9.17) is 5.11 Å². The van der Waals surface area contributed by atoms with Crippen molar-refractivity contribution in [3.63, 3.8) is 0 Å². The van der Waals surface area contributed by atoms with Gasteiger partial charge < -0.3 is 10.4 Å². The smallest absolute Gasteiger partial charge is 0.325 e. The number of aryl methyl sites for hydroxylation is 1. The number of aromatic nitrogens is 2. The number of hydrogen-bond acceptors (Lipinski definition) is 3. The van der Waals surface area contributed by atoms with Crippen LogP contribution in [0.1, 0.15) is 17.3 Å². The summed E-state index contributed by atoms with van der Waals surface area (Å²) in [7, 11) is 1.53. The van der Waals surface area contributed by atoms with Crippen molar-refractivity contribution in [3.05, 3.63) is 41.6 Å². The zero-order valence-electron chi connectivity index (χ0n) is 11.8. The average Bonchev–Trinajstić information content (AvgIpc) is 2.80. The number of carbonyl (C=O) groups excluding carboxylic acids is 1. The highest BCUT2D eigenvalue weighted by Crippen LogP contribution is 2.25. The van der Waals surface area contributed by atoms with Gasteiger partial charge in [-0.3, -0.25) is 14.3 Å². The van der Waals surface area contributed by atoms with Gasteiger partial charge in [0, 0.05) is 24.9 Å². The Hall–Kier alpha value is -2.77. The molecule has 2 rings (SSSR count). The Morgan fingerprint density at radius 3 is 2.64 bits per heavy atom. The molecule has 1 amide bonds. The first-order valence-electron chi connectivity index (χ1n) is 6.32. The summed E-state index contributed by atoms with van der Waals surface area (Å²) < 4.78 is 28.1. The summed E-state index contributed by atoms with van der Waals surface area (Å²) in [6.45, 7) is 1.30. The van der Waals surface area contributed by atoms with Gasteiger partial charge in [-0.1, -0.05) is 0 Å². The van der Waals surface area contributed by atoms with Crippen molar-refractivity contribution >= 4 is 11.9 Å². The minimum Gasteiger partial charge on any atom is -0.480 e. The van der Waals surface area contributed by atoms with Crippen molar-refractivity contribution in [2.45, 2.75) is 13.0 Å². The number of aliphatic carboxylic acids is 1. The van der Waals surface area contributed by atoms with Gasteiger partial charge in [0.05, 0.1) is 5.56 Å². The third-order valence-corrected chi connectivity index (χ3v) is 2.98. The molecule has 1 atom stereocenters. The Balaban J connectivity index is 2.42. The molecule has 0 aliphatic rings. The highest BCUT2D eigenvalue weighted by Gasteiger charge is 2.22. The van der Waals surface area contributed by atoms with E-state index in [0.29, 0.717) is 6.07 Å². The van der Waals surface area contributed by atoms with Gasteiger partial charge in [-0.05, 0) is 19.1 Å². The van der Waals surface area contributed by atoms with E-state index in [1.54, 1.807) is 0 Å². The van der Waals surface area contributed by atoms with Crippen LogP contribution in [0.4, 0.5) is 8.78 Å². The molecule has 1 aromatic carbocycles. The van der Waals surface area contributed by atoms with Crippen LogP contribution in [0.25, 0.3) is 11.3 Å². The van der Waals surface area contributed by atoms with Crippen molar-refractivity contribution in [1.82, 2.24) is 15.1 Å². The predicted molar refractivity (Wildman–Crippen MR) is 73.1 cm³/mol. The van der Waals surface area contributed by atoms with E-state index in [0.717, 1.165) is 6.07 Å². The molecule has 0 spiro atoms. The number of halogens is 2. The largest absolute Gasteiger partial charge is 0.480 e. The van der Waals surface area contributed by atoms with Crippen LogP contribution in [0, 0.1) is 11.6 Å². The zero-order chi connectivity index (χ0) is 16.4. The number of benzene rings is 1. The highest BCUT2D eigenvalue weighted by molar-refractivity contribution is 6.01. The number of nitrogens with zero attached hydrogens (tertiary/aromatic N) is 2. The monoisotopic (exact) mass is 309 g/mol. The Morgan fingerprint density at radius 1 is 1.36 bits per heavy atom. The van der Waals surface area contributed by atoms with Crippen LogP contribution in [0.3, 0.4) is 0 Å². The molecule has 1 aromatic heterocycles. The topological polar surface area (TPSA) is 84.2 Å². The van der Waals surface area contributed by atoms with Gasteiger partial charge in [-0.2, -0.15) is 5.10 Å². The molecule has 0 saturated heterocycles. The van der Waals surface area contributed by atoms with Crippen LogP contribution in [0.5, 0.6) is 0 Å². The van der Waals surface area contributed by atoms with Gasteiger partial charge in [0.15, 0.2) is 0 Å². The second-order valence-corrected chi connectivity index (χ2v) is 4.72. The normalized spacial score (nSPS) is 12.0. The summed E-state index contributed by atoms with van der Waals surface area (Å²) in [5.74, 6) is -3.52. The maximum Gasteiger partial charge on any atom is 0.325 e. The number of amides is 1. The van der Waals surface area contributed by atoms with E-state index >= 15 is 0 Å². The minimum absolute atomic E-state index is 0.00103. The van der Waals surface area contributed by atoms with Crippen LogP contribution >= 0.6 is 0 Å². The van der Waals surface area contributed by atoms with Crippen LogP contribution in [0.2, 0.25) is 0 Å². The molecular formula is C14H13F2N3O3. The fourth-order valence-corrected chi connectivity index (χ4v) is 1.87. The predicted octanol–water partition coefficient (Wildman–Crippen LogP) is 1.57. The van der Waals surface area contributed by atoms with E-state index in [2.05, 4.69) is 10.4 Å². The molecule has 0 aliphatic heterocycles. The Bertz CT molecular complexity index is 743. The molecule has 0 fully saturated rings. The lowest BCUT2D eigenvalue weighted by atomic mass is 10.1. The van der Waals surface area contributed by atoms with Gasteiger partial charge in [0.25, 0.3) is 5.91 Å². The van der Waals surface area contributed by atoms with Crippen LogP contribution in [-0.2, 0) is 11.8 Å².